The van der Waals surface area contributed by atoms with Gasteiger partial charge in [-0.05, 0) is 81.8 Å². The third kappa shape index (κ3) is 10.4. The van der Waals surface area contributed by atoms with Gasteiger partial charge in [-0.3, -0.25) is 9.59 Å². The van der Waals surface area contributed by atoms with E-state index < -0.39 is 10.3 Å². The monoisotopic (exact) mass is 542 g/mol. The number of ether oxygens (including phenoxy) is 2. The van der Waals surface area contributed by atoms with E-state index in [9.17, 15) is 9.59 Å². The molecule has 2 N–H and O–H groups in total. The Hall–Kier alpha value is -2.35. The summed E-state index contributed by atoms with van der Waals surface area (Å²) in [6.07, 6.45) is 0.298. The first kappa shape index (κ1) is 31.9. The normalized spacial score (nSPS) is 13.2. The van der Waals surface area contributed by atoms with E-state index >= 15 is 0 Å². The molecule has 2 rings (SSSR count). The zero-order valence-corrected chi connectivity index (χ0v) is 25.6. The molecule has 0 heterocycles. The Bertz CT molecular complexity index is 1080. The van der Waals surface area contributed by atoms with E-state index in [2.05, 4.69) is 43.5 Å². The van der Waals surface area contributed by atoms with Crippen LogP contribution >= 0.6 is 11.8 Å². The summed E-state index contributed by atoms with van der Waals surface area (Å²) in [5.41, 5.74) is 3.75. The number of esters is 1. The number of hydrogen-bond acceptors (Lipinski definition) is 6. The number of nitrogens with one attached hydrogen (secondary N) is 2. The molecule has 2 aromatic rings. The molecule has 0 aliphatic carbocycles. The lowest BCUT2D eigenvalue weighted by atomic mass is 9.86. The number of carbonyl (C=O) groups is 2. The molecular formula is C31H46N2O4S. The molecule has 0 aliphatic rings. The van der Waals surface area contributed by atoms with E-state index in [0.29, 0.717) is 19.6 Å². The molecule has 0 radical (unpaired) electrons. The maximum Gasteiger partial charge on any atom is 0.322 e. The van der Waals surface area contributed by atoms with Gasteiger partial charge in [-0.15, -0.1) is 11.8 Å². The number of methoxy groups -OCH3 is 1. The molecule has 0 bridgehead atoms. The summed E-state index contributed by atoms with van der Waals surface area (Å²) in [6.45, 7) is 19.0. The van der Waals surface area contributed by atoms with Gasteiger partial charge in [0.1, 0.15) is 10.3 Å². The molecule has 38 heavy (non-hydrogen) atoms. The summed E-state index contributed by atoms with van der Waals surface area (Å²) >= 11 is 1.48. The van der Waals surface area contributed by atoms with Crippen molar-refractivity contribution in [1.82, 2.24) is 5.32 Å². The number of amides is 1. The van der Waals surface area contributed by atoms with Crippen LogP contribution in [0.4, 0.5) is 5.69 Å². The smallest absolute Gasteiger partial charge is 0.322 e. The number of anilines is 1. The Morgan fingerprint density at radius 2 is 1.58 bits per heavy atom. The average Bonchev–Trinajstić information content (AvgIpc) is 2.78. The van der Waals surface area contributed by atoms with Gasteiger partial charge in [0.25, 0.3) is 0 Å². The fourth-order valence-corrected chi connectivity index (χ4v) is 4.75. The van der Waals surface area contributed by atoms with E-state index in [1.165, 1.54) is 17.3 Å². The van der Waals surface area contributed by atoms with Crippen LogP contribution in [0.2, 0.25) is 0 Å². The Morgan fingerprint density at radius 1 is 0.947 bits per heavy atom. The quantitative estimate of drug-likeness (QED) is 0.245. The van der Waals surface area contributed by atoms with Gasteiger partial charge >= 0.3 is 5.97 Å². The molecule has 1 amide bonds. The van der Waals surface area contributed by atoms with Crippen LogP contribution in [0.3, 0.4) is 0 Å². The van der Waals surface area contributed by atoms with Crippen LogP contribution in [0, 0.1) is 6.92 Å². The topological polar surface area (TPSA) is 76.7 Å². The van der Waals surface area contributed by atoms with Crippen LogP contribution in [0.1, 0.15) is 78.5 Å². The second-order valence-corrected chi connectivity index (χ2v) is 14.0. The zero-order valence-electron chi connectivity index (χ0n) is 24.8. The maximum atomic E-state index is 12.8. The largest absolute Gasteiger partial charge is 0.459 e. The van der Waals surface area contributed by atoms with Gasteiger partial charge in [-0.2, -0.15) is 0 Å². The van der Waals surface area contributed by atoms with Crippen molar-refractivity contribution in [2.75, 3.05) is 19.0 Å². The molecule has 7 heteroatoms. The molecule has 0 spiro atoms. The van der Waals surface area contributed by atoms with Crippen molar-refractivity contribution >= 4 is 29.3 Å². The van der Waals surface area contributed by atoms with Crippen molar-refractivity contribution in [1.29, 1.82) is 0 Å². The van der Waals surface area contributed by atoms with Crippen LogP contribution in [0.15, 0.2) is 47.4 Å². The summed E-state index contributed by atoms with van der Waals surface area (Å²) in [6, 6.07) is 14.1. The summed E-state index contributed by atoms with van der Waals surface area (Å²) in [7, 11) is 1.64. The van der Waals surface area contributed by atoms with Crippen molar-refractivity contribution in [2.24, 2.45) is 0 Å². The minimum absolute atomic E-state index is 0.0534. The number of benzene rings is 2. The molecule has 1 atom stereocenters. The van der Waals surface area contributed by atoms with Crippen LogP contribution in [0.5, 0.6) is 0 Å². The van der Waals surface area contributed by atoms with Crippen molar-refractivity contribution in [3.05, 3.63) is 59.2 Å². The van der Waals surface area contributed by atoms with Crippen LogP contribution < -0.4 is 10.6 Å². The van der Waals surface area contributed by atoms with Gasteiger partial charge in [0.05, 0.1) is 6.61 Å². The highest BCUT2D eigenvalue weighted by Crippen LogP contribution is 2.34. The number of aryl methyl sites for hydroxylation is 1. The van der Waals surface area contributed by atoms with Crippen LogP contribution in [-0.4, -0.2) is 42.0 Å². The third-order valence-electron chi connectivity index (χ3n) is 5.95. The van der Waals surface area contributed by atoms with Gasteiger partial charge in [0.15, 0.2) is 0 Å². The molecule has 0 saturated carbocycles. The van der Waals surface area contributed by atoms with E-state index in [1.54, 1.807) is 7.11 Å². The summed E-state index contributed by atoms with van der Waals surface area (Å²) < 4.78 is 10.2. The standard InChI is InChI=1S/C31H46N2O4S/c1-21-17-23(29(2,3)4)13-16-26(21)33-27(34)18-24(20-36-10)32-19-22-11-14-25(15-12-22)38-31(8,9)28(35)37-30(5,6)7/h11-17,24,32H,18-20H2,1-10H3,(H,33,34). The van der Waals surface area contributed by atoms with Crippen LogP contribution in [0.25, 0.3) is 0 Å². The molecule has 2 aromatic carbocycles. The van der Waals surface area contributed by atoms with Gasteiger partial charge in [0, 0.05) is 36.7 Å². The first-order chi connectivity index (χ1) is 17.5. The first-order valence-corrected chi connectivity index (χ1v) is 14.0. The fourth-order valence-electron chi connectivity index (χ4n) is 3.76. The van der Waals surface area contributed by atoms with E-state index in [1.807, 2.05) is 71.9 Å². The molecule has 0 aromatic heterocycles. The second-order valence-electron chi connectivity index (χ2n) is 12.3. The minimum atomic E-state index is -0.699. The average molecular weight is 543 g/mol. The van der Waals surface area contributed by atoms with Gasteiger partial charge in [-0.25, -0.2) is 0 Å². The lowest BCUT2D eigenvalue weighted by Gasteiger charge is -2.28. The van der Waals surface area contributed by atoms with Crippen molar-refractivity contribution in [3.8, 4) is 0 Å². The highest BCUT2D eigenvalue weighted by molar-refractivity contribution is 8.01. The van der Waals surface area contributed by atoms with Gasteiger partial charge in [-0.1, -0.05) is 45.0 Å². The number of carbonyl (C=O) groups excluding carboxylic acids is 2. The lowest BCUT2D eigenvalue weighted by molar-refractivity contribution is -0.156. The predicted octanol–water partition coefficient (Wildman–Crippen LogP) is 6.64. The Labute approximate surface area is 233 Å². The van der Waals surface area contributed by atoms with Crippen molar-refractivity contribution in [3.63, 3.8) is 0 Å². The third-order valence-corrected chi connectivity index (χ3v) is 7.13. The number of thioether (sulfide) groups is 1. The number of rotatable bonds is 11. The Kier molecular flexibility index (Phi) is 11.0. The highest BCUT2D eigenvalue weighted by atomic mass is 32.2. The van der Waals surface area contributed by atoms with Crippen LogP contribution in [-0.2, 0) is 31.0 Å². The second kappa shape index (κ2) is 13.1. The molecule has 0 saturated heterocycles. The van der Waals surface area contributed by atoms with Gasteiger partial charge < -0.3 is 20.1 Å². The summed E-state index contributed by atoms with van der Waals surface area (Å²) in [5.74, 6) is -0.288. The van der Waals surface area contributed by atoms with Gasteiger partial charge in [0.2, 0.25) is 5.91 Å². The Balaban J connectivity index is 1.94. The molecule has 6 nitrogen and oxygen atoms in total. The molecule has 0 fully saturated rings. The Morgan fingerprint density at radius 3 is 2.11 bits per heavy atom. The minimum Gasteiger partial charge on any atom is -0.459 e. The fraction of sp³-hybridized carbons (Fsp3) is 0.548. The predicted molar refractivity (Wildman–Crippen MR) is 158 cm³/mol. The molecular weight excluding hydrogens is 496 g/mol. The maximum absolute atomic E-state index is 12.8. The molecule has 1 unspecified atom stereocenters. The van der Waals surface area contributed by atoms with E-state index in [0.717, 1.165) is 21.7 Å². The van der Waals surface area contributed by atoms with Crippen molar-refractivity contribution < 1.29 is 19.1 Å². The van der Waals surface area contributed by atoms with E-state index in [4.69, 9.17) is 9.47 Å². The van der Waals surface area contributed by atoms with Crippen molar-refractivity contribution in [2.45, 2.75) is 102 Å². The number of hydrogen-bond donors (Lipinski definition) is 2. The lowest BCUT2D eigenvalue weighted by Crippen LogP contribution is -2.36. The zero-order chi connectivity index (χ0) is 28.7. The summed E-state index contributed by atoms with van der Waals surface area (Å²) in [5, 5.41) is 6.50. The van der Waals surface area contributed by atoms with E-state index in [-0.39, 0.29) is 23.3 Å². The molecule has 210 valence electrons. The summed E-state index contributed by atoms with van der Waals surface area (Å²) in [4.78, 5) is 26.4. The first-order valence-electron chi connectivity index (χ1n) is 13.1. The highest BCUT2D eigenvalue weighted by Gasteiger charge is 2.33. The SMILES string of the molecule is COCC(CC(=O)Nc1ccc(C(C)(C)C)cc1C)NCc1ccc(SC(C)(C)C(=O)OC(C)(C)C)cc1. The molecule has 0 aliphatic heterocycles.